The zero-order chi connectivity index (χ0) is 22.1. The van der Waals surface area contributed by atoms with E-state index in [4.69, 9.17) is 25.0 Å². The van der Waals surface area contributed by atoms with Crippen molar-refractivity contribution >= 4 is 11.7 Å². The van der Waals surface area contributed by atoms with Crippen molar-refractivity contribution in [2.24, 2.45) is 10.8 Å². The van der Waals surface area contributed by atoms with Gasteiger partial charge in [-0.05, 0) is 29.3 Å². The van der Waals surface area contributed by atoms with Gasteiger partial charge in [0.25, 0.3) is 0 Å². The van der Waals surface area contributed by atoms with Gasteiger partial charge in [0.2, 0.25) is 5.96 Å². The fraction of sp³-hybridized carbons (Fsp3) is 0.217. The fourth-order valence-corrected chi connectivity index (χ4v) is 4.12. The molecule has 0 aliphatic carbocycles. The molecule has 0 radical (unpaired) electrons. The highest BCUT2D eigenvalue weighted by Crippen LogP contribution is 2.45. The van der Waals surface area contributed by atoms with Crippen molar-refractivity contribution < 1.29 is 14.2 Å². The van der Waals surface area contributed by atoms with E-state index in [1.54, 1.807) is 20.4 Å². The van der Waals surface area contributed by atoms with E-state index in [9.17, 15) is 0 Å². The van der Waals surface area contributed by atoms with Crippen LogP contribution in [0.3, 0.4) is 0 Å². The quantitative estimate of drug-likeness (QED) is 0.430. The van der Waals surface area contributed by atoms with Crippen molar-refractivity contribution in [3.05, 3.63) is 71.6 Å². The Labute approximate surface area is 185 Å². The normalized spacial score (nSPS) is 17.2. The molecule has 0 bridgehead atoms. The van der Waals surface area contributed by atoms with Crippen LogP contribution in [0.5, 0.6) is 17.2 Å². The van der Waals surface area contributed by atoms with Crippen LogP contribution in [0.25, 0.3) is 11.4 Å². The van der Waals surface area contributed by atoms with Crippen molar-refractivity contribution in [1.29, 1.82) is 0 Å². The Bertz CT molecular complexity index is 1190. The summed E-state index contributed by atoms with van der Waals surface area (Å²) in [7, 11) is 3.25. The van der Waals surface area contributed by atoms with Gasteiger partial charge in [-0.3, -0.25) is 5.43 Å². The summed E-state index contributed by atoms with van der Waals surface area (Å²) >= 11 is 0. The van der Waals surface area contributed by atoms with Gasteiger partial charge in [-0.15, -0.1) is 0 Å². The number of nitrogens with one attached hydrogen (secondary N) is 2. The van der Waals surface area contributed by atoms with Gasteiger partial charge in [0.05, 0.1) is 37.8 Å². The predicted molar refractivity (Wildman–Crippen MR) is 121 cm³/mol. The minimum atomic E-state index is -0.231. The zero-order valence-electron chi connectivity index (χ0n) is 17.8. The number of nitrogens with zero attached hydrogens (tertiary/aromatic N) is 3. The Hall–Kier alpha value is -3.98. The molecule has 0 amide bonds. The molecule has 4 N–H and O–H groups in total. The number of ether oxygens (including phenoxy) is 3. The van der Waals surface area contributed by atoms with E-state index in [2.05, 4.69) is 28.0 Å². The molecule has 0 saturated carbocycles. The van der Waals surface area contributed by atoms with Crippen LogP contribution in [0.1, 0.15) is 23.6 Å². The topological polar surface area (TPSA) is 108 Å². The number of benzene rings is 2. The molecule has 164 valence electrons. The van der Waals surface area contributed by atoms with E-state index in [1.165, 1.54) is 0 Å². The van der Waals surface area contributed by atoms with Crippen LogP contribution in [0, 0.1) is 0 Å². The number of aliphatic imine (C=N–C) groups is 1. The van der Waals surface area contributed by atoms with Crippen LogP contribution in [0.15, 0.2) is 65.4 Å². The highest BCUT2D eigenvalue weighted by molar-refractivity contribution is 5.95. The van der Waals surface area contributed by atoms with Gasteiger partial charge in [-0.2, -0.15) is 5.10 Å². The number of nitrogens with two attached hydrogens (primary N) is 1. The number of guanidine groups is 1. The minimum absolute atomic E-state index is 0.231. The Balaban J connectivity index is 1.62. The molecular formula is C23H24N6O3. The van der Waals surface area contributed by atoms with Crippen molar-refractivity contribution in [3.63, 3.8) is 0 Å². The lowest BCUT2D eigenvalue weighted by Crippen LogP contribution is -2.43. The van der Waals surface area contributed by atoms with Crippen molar-refractivity contribution in [3.8, 4) is 22.9 Å². The maximum Gasteiger partial charge on any atom is 0.211 e. The van der Waals surface area contributed by atoms with Crippen LogP contribution in [0.2, 0.25) is 0 Å². The van der Waals surface area contributed by atoms with Gasteiger partial charge >= 0.3 is 0 Å². The highest BCUT2D eigenvalue weighted by Gasteiger charge is 2.32. The third kappa shape index (κ3) is 3.42. The molecule has 5 rings (SSSR count). The monoisotopic (exact) mass is 432 g/mol. The molecule has 2 aliphatic heterocycles. The van der Waals surface area contributed by atoms with Crippen LogP contribution in [-0.2, 0) is 0 Å². The van der Waals surface area contributed by atoms with Crippen LogP contribution in [0.4, 0.5) is 0 Å². The molecule has 0 fully saturated rings. The summed E-state index contributed by atoms with van der Waals surface area (Å²) in [6.07, 6.45) is 4.36. The Morgan fingerprint density at radius 2 is 2.03 bits per heavy atom. The molecule has 0 saturated heterocycles. The van der Waals surface area contributed by atoms with E-state index < -0.39 is 0 Å². The first-order valence-corrected chi connectivity index (χ1v) is 10.3. The first-order valence-electron chi connectivity index (χ1n) is 10.3. The second-order valence-electron chi connectivity index (χ2n) is 7.39. The number of rotatable bonds is 4. The molecular weight excluding hydrogens is 408 g/mol. The standard InChI is InChI=1S/C23H24N6O3/c1-30-16-12-18(31-2)20-19(13-16)32-11-8-17-21(26-23(28-24)27-22(17)20)14-4-6-15(7-5-14)29-10-3-9-25-29/h3-7,9-10,12-13,21H,8,11,24H2,1-2H3,(H2,26,27,28). The third-order valence-corrected chi connectivity index (χ3v) is 5.64. The first kappa shape index (κ1) is 20.0. The Morgan fingerprint density at radius 3 is 2.72 bits per heavy atom. The van der Waals surface area contributed by atoms with E-state index in [1.807, 2.05) is 41.2 Å². The predicted octanol–water partition coefficient (Wildman–Crippen LogP) is 2.55. The summed E-state index contributed by atoms with van der Waals surface area (Å²) in [6, 6.07) is 13.6. The zero-order valence-corrected chi connectivity index (χ0v) is 17.8. The van der Waals surface area contributed by atoms with Gasteiger partial charge in [0.15, 0.2) is 0 Å². The van der Waals surface area contributed by atoms with E-state index in [0.717, 1.165) is 28.1 Å². The largest absolute Gasteiger partial charge is 0.496 e. The number of aromatic nitrogens is 2. The van der Waals surface area contributed by atoms with Gasteiger partial charge < -0.3 is 19.5 Å². The minimum Gasteiger partial charge on any atom is -0.496 e. The van der Waals surface area contributed by atoms with E-state index in [0.29, 0.717) is 36.2 Å². The fourth-order valence-electron chi connectivity index (χ4n) is 4.12. The number of hydrazine groups is 1. The number of hydrogen-bond acceptors (Lipinski definition) is 8. The molecule has 3 heterocycles. The summed E-state index contributed by atoms with van der Waals surface area (Å²) in [5.74, 6) is 8.23. The summed E-state index contributed by atoms with van der Waals surface area (Å²) in [6.45, 7) is 0.507. The Morgan fingerprint density at radius 1 is 1.19 bits per heavy atom. The first-order chi connectivity index (χ1) is 15.7. The maximum absolute atomic E-state index is 6.09. The number of methoxy groups -OCH3 is 2. The summed E-state index contributed by atoms with van der Waals surface area (Å²) in [4.78, 5) is 4.82. The molecule has 1 aromatic heterocycles. The van der Waals surface area contributed by atoms with Gasteiger partial charge in [-0.25, -0.2) is 15.5 Å². The lowest BCUT2D eigenvalue weighted by atomic mass is 9.91. The van der Waals surface area contributed by atoms with E-state index in [-0.39, 0.29) is 6.04 Å². The number of hydrogen-bond donors (Lipinski definition) is 3. The summed E-state index contributed by atoms with van der Waals surface area (Å²) < 4.78 is 19.0. The van der Waals surface area contributed by atoms with Gasteiger partial charge in [-0.1, -0.05) is 12.1 Å². The van der Waals surface area contributed by atoms with Gasteiger partial charge in [0, 0.05) is 30.9 Å². The van der Waals surface area contributed by atoms with Crippen LogP contribution in [-0.4, -0.2) is 36.6 Å². The average molecular weight is 432 g/mol. The molecule has 0 spiro atoms. The molecule has 3 aromatic rings. The van der Waals surface area contributed by atoms with Gasteiger partial charge in [0.1, 0.15) is 23.3 Å². The third-order valence-electron chi connectivity index (χ3n) is 5.64. The molecule has 1 unspecified atom stereocenters. The SMILES string of the molecule is COc1cc(OC)c2c(c1)OCCC1=C2NC(NN)=NC1c1ccc(-n2cccn2)cc1. The lowest BCUT2D eigenvalue weighted by Gasteiger charge is -2.28. The molecule has 32 heavy (non-hydrogen) atoms. The molecule has 2 aliphatic rings. The Kier molecular flexibility index (Phi) is 5.16. The lowest BCUT2D eigenvalue weighted by molar-refractivity contribution is 0.315. The van der Waals surface area contributed by atoms with Crippen LogP contribution < -0.4 is 30.8 Å². The molecule has 9 nitrogen and oxygen atoms in total. The number of fused-ring (bicyclic) bond motifs is 2. The molecule has 9 heteroatoms. The summed E-state index contributed by atoms with van der Waals surface area (Å²) in [5.41, 5.74) is 7.48. The smallest absolute Gasteiger partial charge is 0.211 e. The second-order valence-corrected chi connectivity index (χ2v) is 7.39. The second kappa shape index (κ2) is 8.27. The van der Waals surface area contributed by atoms with Crippen LogP contribution >= 0.6 is 0 Å². The maximum atomic E-state index is 6.09. The molecule has 2 aromatic carbocycles. The molecule has 1 atom stereocenters. The van der Waals surface area contributed by atoms with Crippen molar-refractivity contribution in [2.75, 3.05) is 20.8 Å². The van der Waals surface area contributed by atoms with Crippen molar-refractivity contribution in [1.82, 2.24) is 20.5 Å². The van der Waals surface area contributed by atoms with Crippen molar-refractivity contribution in [2.45, 2.75) is 12.5 Å². The van der Waals surface area contributed by atoms with E-state index >= 15 is 0 Å². The highest BCUT2D eigenvalue weighted by atomic mass is 16.5. The summed E-state index contributed by atoms with van der Waals surface area (Å²) in [5, 5.41) is 7.62. The average Bonchev–Trinajstić information content (AvgIpc) is 3.32.